The Balaban J connectivity index is 2.24. The molecule has 2 N–H and O–H groups in total. The van der Waals surface area contributed by atoms with Gasteiger partial charge in [-0.05, 0) is 42.2 Å². The monoisotopic (exact) mass is 352 g/mol. The number of nitrogens with one attached hydrogen (secondary N) is 2. The van der Waals surface area contributed by atoms with Crippen LogP contribution in [0.15, 0.2) is 42.5 Å². The van der Waals surface area contributed by atoms with Gasteiger partial charge >= 0.3 is 0 Å². The van der Waals surface area contributed by atoms with Crippen LogP contribution in [0.1, 0.15) is 56.1 Å². The summed E-state index contributed by atoms with van der Waals surface area (Å²) in [4.78, 5) is 24.9. The van der Waals surface area contributed by atoms with Crippen molar-refractivity contribution >= 4 is 23.2 Å². The highest BCUT2D eigenvalue weighted by atomic mass is 16.2. The first-order valence-electron chi connectivity index (χ1n) is 9.09. The minimum Gasteiger partial charge on any atom is -0.326 e. The van der Waals surface area contributed by atoms with Gasteiger partial charge < -0.3 is 10.6 Å². The molecule has 4 heteroatoms. The Bertz CT molecular complexity index is 782. The fourth-order valence-electron chi connectivity index (χ4n) is 2.65. The Morgan fingerprint density at radius 3 is 2.00 bits per heavy atom. The average molecular weight is 352 g/mol. The zero-order chi connectivity index (χ0) is 19.3. The van der Waals surface area contributed by atoms with Crippen molar-refractivity contribution in [1.82, 2.24) is 0 Å². The van der Waals surface area contributed by atoms with Crippen molar-refractivity contribution in [3.05, 3.63) is 59.2 Å². The molecule has 2 aromatic carbocycles. The molecule has 0 saturated carbocycles. The molecule has 0 aliphatic carbocycles. The lowest BCUT2D eigenvalue weighted by atomic mass is 9.95. The van der Waals surface area contributed by atoms with Crippen LogP contribution in [0.3, 0.4) is 0 Å². The van der Waals surface area contributed by atoms with Crippen molar-refractivity contribution < 1.29 is 9.59 Å². The number of anilines is 2. The van der Waals surface area contributed by atoms with Crippen LogP contribution in [-0.4, -0.2) is 11.8 Å². The smallest absolute Gasteiger partial charge is 0.255 e. The summed E-state index contributed by atoms with van der Waals surface area (Å²) in [7, 11) is 0. The third-order valence-electron chi connectivity index (χ3n) is 4.30. The van der Waals surface area contributed by atoms with Crippen LogP contribution >= 0.6 is 0 Å². The third-order valence-corrected chi connectivity index (χ3v) is 4.30. The molecule has 4 nitrogen and oxygen atoms in total. The van der Waals surface area contributed by atoms with Gasteiger partial charge in [0.2, 0.25) is 5.91 Å². The fourth-order valence-corrected chi connectivity index (χ4v) is 2.65. The van der Waals surface area contributed by atoms with Gasteiger partial charge in [-0.25, -0.2) is 0 Å². The second kappa shape index (κ2) is 8.17. The van der Waals surface area contributed by atoms with E-state index >= 15 is 0 Å². The topological polar surface area (TPSA) is 58.2 Å². The van der Waals surface area contributed by atoms with Gasteiger partial charge in [0, 0.05) is 22.4 Å². The summed E-state index contributed by atoms with van der Waals surface area (Å²) in [6, 6.07) is 13.1. The van der Waals surface area contributed by atoms with Gasteiger partial charge in [-0.3, -0.25) is 9.59 Å². The molecule has 26 heavy (non-hydrogen) atoms. The Labute approximate surface area is 156 Å². The number of aryl methyl sites for hydroxylation is 2. The number of rotatable bonds is 5. The summed E-state index contributed by atoms with van der Waals surface area (Å²) in [6.07, 6.45) is 1.70. The molecule has 0 aromatic heterocycles. The second-order valence-corrected chi connectivity index (χ2v) is 7.40. The van der Waals surface area contributed by atoms with Crippen LogP contribution in [-0.2, 0) is 17.6 Å². The number of para-hydroxylation sites is 1. The van der Waals surface area contributed by atoms with Crippen molar-refractivity contribution in [2.75, 3.05) is 10.6 Å². The number of hydrogen-bond acceptors (Lipinski definition) is 2. The van der Waals surface area contributed by atoms with E-state index in [0.717, 1.165) is 29.7 Å². The molecule has 0 fully saturated rings. The van der Waals surface area contributed by atoms with E-state index in [0.29, 0.717) is 11.3 Å². The SMILES string of the molecule is CCc1cccc(CC)c1NC(=O)c1cccc(NC(=O)C(C)(C)C)c1. The molecule has 0 radical (unpaired) electrons. The lowest BCUT2D eigenvalue weighted by molar-refractivity contribution is -0.123. The van der Waals surface area contributed by atoms with Crippen LogP contribution in [0, 0.1) is 5.41 Å². The number of carbonyl (C=O) groups excluding carboxylic acids is 2. The highest BCUT2D eigenvalue weighted by Crippen LogP contribution is 2.24. The van der Waals surface area contributed by atoms with Gasteiger partial charge in [0.05, 0.1) is 0 Å². The molecule has 2 aromatic rings. The second-order valence-electron chi connectivity index (χ2n) is 7.40. The summed E-state index contributed by atoms with van der Waals surface area (Å²) < 4.78 is 0. The Morgan fingerprint density at radius 1 is 0.885 bits per heavy atom. The maximum absolute atomic E-state index is 12.8. The molecule has 0 spiro atoms. The normalized spacial score (nSPS) is 11.1. The van der Waals surface area contributed by atoms with E-state index in [1.807, 2.05) is 39.0 Å². The van der Waals surface area contributed by atoms with Gasteiger partial charge in [-0.1, -0.05) is 58.9 Å². The summed E-state index contributed by atoms with van der Waals surface area (Å²) in [5.41, 5.74) is 3.78. The molecule has 0 unspecified atom stereocenters. The predicted octanol–water partition coefficient (Wildman–Crippen LogP) is 5.05. The maximum atomic E-state index is 12.8. The first-order chi connectivity index (χ1) is 12.3. The van der Waals surface area contributed by atoms with Crippen LogP contribution in [0.25, 0.3) is 0 Å². The highest BCUT2D eigenvalue weighted by Gasteiger charge is 2.21. The first-order valence-corrected chi connectivity index (χ1v) is 9.09. The van der Waals surface area contributed by atoms with Crippen LogP contribution < -0.4 is 10.6 Å². The van der Waals surface area contributed by atoms with E-state index < -0.39 is 5.41 Å². The Hall–Kier alpha value is -2.62. The first kappa shape index (κ1) is 19.7. The standard InChI is InChI=1S/C22H28N2O2/c1-6-15-10-8-11-16(7-2)19(15)24-20(25)17-12-9-13-18(14-17)23-21(26)22(3,4)5/h8-14H,6-7H2,1-5H3,(H,23,26)(H,24,25). The molecular weight excluding hydrogens is 324 g/mol. The molecule has 0 saturated heterocycles. The molecule has 0 heterocycles. The molecule has 138 valence electrons. The molecule has 2 rings (SSSR count). The zero-order valence-corrected chi connectivity index (χ0v) is 16.3. The Kier molecular flexibility index (Phi) is 6.19. The van der Waals surface area contributed by atoms with Crippen molar-refractivity contribution in [3.63, 3.8) is 0 Å². The maximum Gasteiger partial charge on any atom is 0.255 e. The van der Waals surface area contributed by atoms with Gasteiger partial charge in [0.15, 0.2) is 0 Å². The lowest BCUT2D eigenvalue weighted by Gasteiger charge is -2.18. The summed E-state index contributed by atoms with van der Waals surface area (Å²) in [5, 5.41) is 5.92. The molecule has 0 atom stereocenters. The highest BCUT2D eigenvalue weighted by molar-refractivity contribution is 6.06. The van der Waals surface area contributed by atoms with Gasteiger partial charge in [-0.2, -0.15) is 0 Å². The van der Waals surface area contributed by atoms with Gasteiger partial charge in [-0.15, -0.1) is 0 Å². The number of benzene rings is 2. The minimum absolute atomic E-state index is 0.0837. The van der Waals surface area contributed by atoms with Crippen LogP contribution in [0.5, 0.6) is 0 Å². The summed E-state index contributed by atoms with van der Waals surface area (Å²) in [5.74, 6) is -0.257. The quantitative estimate of drug-likeness (QED) is 0.791. The van der Waals surface area contributed by atoms with Gasteiger partial charge in [0.1, 0.15) is 0 Å². The van der Waals surface area contributed by atoms with E-state index in [1.54, 1.807) is 24.3 Å². The van der Waals surface area contributed by atoms with Crippen LogP contribution in [0.4, 0.5) is 11.4 Å². The molecular formula is C22H28N2O2. The van der Waals surface area contributed by atoms with E-state index in [1.165, 1.54) is 0 Å². The number of carbonyl (C=O) groups is 2. The van der Waals surface area contributed by atoms with Crippen molar-refractivity contribution in [2.24, 2.45) is 5.41 Å². The zero-order valence-electron chi connectivity index (χ0n) is 16.3. The van der Waals surface area contributed by atoms with E-state index in [-0.39, 0.29) is 11.8 Å². The predicted molar refractivity (Wildman–Crippen MR) is 108 cm³/mol. The van der Waals surface area contributed by atoms with E-state index in [4.69, 9.17) is 0 Å². The summed E-state index contributed by atoms with van der Waals surface area (Å²) in [6.45, 7) is 9.71. The van der Waals surface area contributed by atoms with Crippen molar-refractivity contribution in [1.29, 1.82) is 0 Å². The van der Waals surface area contributed by atoms with Crippen molar-refractivity contribution in [3.8, 4) is 0 Å². The third kappa shape index (κ3) is 4.72. The molecule has 0 bridgehead atoms. The molecule has 0 aliphatic heterocycles. The fraction of sp³-hybridized carbons (Fsp3) is 0.364. The van der Waals surface area contributed by atoms with E-state index in [9.17, 15) is 9.59 Å². The number of hydrogen-bond donors (Lipinski definition) is 2. The van der Waals surface area contributed by atoms with Gasteiger partial charge in [0.25, 0.3) is 5.91 Å². The average Bonchev–Trinajstić information content (AvgIpc) is 2.61. The summed E-state index contributed by atoms with van der Waals surface area (Å²) >= 11 is 0. The number of amides is 2. The molecule has 0 aliphatic rings. The van der Waals surface area contributed by atoms with Crippen molar-refractivity contribution in [2.45, 2.75) is 47.5 Å². The Morgan fingerprint density at radius 2 is 1.46 bits per heavy atom. The lowest BCUT2D eigenvalue weighted by Crippen LogP contribution is -2.27. The van der Waals surface area contributed by atoms with E-state index in [2.05, 4.69) is 24.5 Å². The molecule has 2 amide bonds. The van der Waals surface area contributed by atoms with Crippen LogP contribution in [0.2, 0.25) is 0 Å². The minimum atomic E-state index is -0.492. The largest absolute Gasteiger partial charge is 0.326 e.